The van der Waals surface area contributed by atoms with Crippen LogP contribution in [0, 0.1) is 6.92 Å². The normalized spacial score (nSPS) is 17.2. The molecule has 4 nitrogen and oxygen atoms in total. The summed E-state index contributed by atoms with van der Waals surface area (Å²) in [6, 6.07) is 12.8. The van der Waals surface area contributed by atoms with Crippen LogP contribution in [0.4, 0.5) is 0 Å². The van der Waals surface area contributed by atoms with Crippen LogP contribution < -0.4 is 4.57 Å². The Morgan fingerprint density at radius 2 is 1.67 bits per heavy atom. The zero-order chi connectivity index (χ0) is 23.3. The number of pyridine rings is 1. The third kappa shape index (κ3) is 2.58. The molecule has 0 atom stereocenters. The third-order valence-electron chi connectivity index (χ3n) is 8.14. The van der Waals surface area contributed by atoms with Crippen molar-refractivity contribution in [3.63, 3.8) is 0 Å². The van der Waals surface area contributed by atoms with Gasteiger partial charge in [0.05, 0.1) is 14.1 Å². The van der Waals surface area contributed by atoms with Gasteiger partial charge in [-0.05, 0) is 71.6 Å². The Balaban J connectivity index is 1.90. The number of para-hydroxylation sites is 2. The van der Waals surface area contributed by atoms with Crippen molar-refractivity contribution in [2.75, 3.05) is 0 Å². The van der Waals surface area contributed by atoms with Crippen molar-refractivity contribution in [3.05, 3.63) is 59.3 Å². The standard InChI is InChI=1S/C29H32N3O/c1-17-21(27-31(6)19-12-8-9-13-20(19)32(27)7)25-22(18-11-10-16-30-26(18)33-25)24-23(17)28(2,3)14-15-29(24,4)5/h8-13,16H,14-15H2,1-7H3/q+1. The van der Waals surface area contributed by atoms with Gasteiger partial charge in [-0.15, -0.1) is 0 Å². The highest BCUT2D eigenvalue weighted by molar-refractivity contribution is 6.12. The highest BCUT2D eigenvalue weighted by Gasteiger charge is 2.43. The first-order chi connectivity index (χ1) is 15.6. The average molecular weight is 439 g/mol. The summed E-state index contributed by atoms with van der Waals surface area (Å²) in [6.45, 7) is 11.9. The first-order valence-electron chi connectivity index (χ1n) is 11.9. The van der Waals surface area contributed by atoms with Crippen LogP contribution in [0.2, 0.25) is 0 Å². The summed E-state index contributed by atoms with van der Waals surface area (Å²) in [5.74, 6) is 1.17. The molecule has 0 aliphatic heterocycles. The van der Waals surface area contributed by atoms with Gasteiger partial charge in [-0.2, -0.15) is 0 Å². The van der Waals surface area contributed by atoms with Crippen LogP contribution >= 0.6 is 0 Å². The lowest BCUT2D eigenvalue weighted by atomic mass is 9.60. The molecular weight excluding hydrogens is 406 g/mol. The van der Waals surface area contributed by atoms with Gasteiger partial charge in [0.2, 0.25) is 5.71 Å². The van der Waals surface area contributed by atoms with Gasteiger partial charge in [-0.3, -0.25) is 0 Å². The number of nitrogens with zero attached hydrogens (tertiary/aromatic N) is 3. The van der Waals surface area contributed by atoms with Crippen molar-refractivity contribution < 1.29 is 8.98 Å². The molecule has 0 spiro atoms. The number of benzene rings is 2. The fourth-order valence-corrected chi connectivity index (χ4v) is 6.45. The van der Waals surface area contributed by atoms with E-state index in [2.05, 4.69) is 93.2 Å². The maximum atomic E-state index is 6.61. The molecule has 0 bridgehead atoms. The second-order valence-electron chi connectivity index (χ2n) is 11.1. The van der Waals surface area contributed by atoms with Crippen molar-refractivity contribution in [1.82, 2.24) is 9.55 Å². The van der Waals surface area contributed by atoms with Gasteiger partial charge < -0.3 is 4.42 Å². The number of aromatic nitrogens is 3. The van der Waals surface area contributed by atoms with E-state index in [0.717, 1.165) is 23.1 Å². The summed E-state index contributed by atoms with van der Waals surface area (Å²) < 4.78 is 11.2. The molecule has 0 radical (unpaired) electrons. The Morgan fingerprint density at radius 1 is 0.970 bits per heavy atom. The van der Waals surface area contributed by atoms with Crippen LogP contribution in [0.15, 0.2) is 47.0 Å². The molecule has 2 aromatic carbocycles. The van der Waals surface area contributed by atoms with E-state index in [4.69, 9.17) is 4.42 Å². The fraction of sp³-hybridized carbons (Fsp3) is 0.379. The lowest BCUT2D eigenvalue weighted by molar-refractivity contribution is -0.634. The molecule has 0 unspecified atom stereocenters. The second-order valence-corrected chi connectivity index (χ2v) is 11.1. The van der Waals surface area contributed by atoms with E-state index in [9.17, 15) is 0 Å². The minimum Gasteiger partial charge on any atom is -0.437 e. The number of furan rings is 1. The molecule has 1 aliphatic rings. The molecule has 3 aromatic heterocycles. The lowest BCUT2D eigenvalue weighted by Crippen LogP contribution is -2.36. The first kappa shape index (κ1) is 20.5. The smallest absolute Gasteiger partial charge is 0.293 e. The lowest BCUT2D eigenvalue weighted by Gasteiger charge is -2.43. The molecule has 0 amide bonds. The zero-order valence-corrected chi connectivity index (χ0v) is 20.7. The highest BCUT2D eigenvalue weighted by atomic mass is 16.3. The van der Waals surface area contributed by atoms with Gasteiger partial charge in [0.25, 0.3) is 5.82 Å². The molecule has 3 heterocycles. The number of fused-ring (bicyclic) bond motifs is 6. The summed E-state index contributed by atoms with van der Waals surface area (Å²) in [4.78, 5) is 4.62. The van der Waals surface area contributed by atoms with Gasteiger partial charge in [-0.1, -0.05) is 39.8 Å². The van der Waals surface area contributed by atoms with Crippen molar-refractivity contribution in [2.24, 2.45) is 14.1 Å². The van der Waals surface area contributed by atoms with Gasteiger partial charge in [0.1, 0.15) is 5.56 Å². The van der Waals surface area contributed by atoms with Crippen LogP contribution in [0.3, 0.4) is 0 Å². The maximum Gasteiger partial charge on any atom is 0.293 e. The zero-order valence-electron chi connectivity index (χ0n) is 20.7. The third-order valence-corrected chi connectivity index (χ3v) is 8.14. The summed E-state index contributed by atoms with van der Waals surface area (Å²) >= 11 is 0. The van der Waals surface area contributed by atoms with Crippen LogP contribution in [0.1, 0.15) is 57.2 Å². The van der Waals surface area contributed by atoms with Gasteiger partial charge in [0, 0.05) is 17.0 Å². The van der Waals surface area contributed by atoms with Gasteiger partial charge in [0.15, 0.2) is 16.6 Å². The maximum absolute atomic E-state index is 6.61. The average Bonchev–Trinajstić information content (AvgIpc) is 3.27. The van der Waals surface area contributed by atoms with Crippen LogP contribution in [0.5, 0.6) is 0 Å². The van der Waals surface area contributed by atoms with E-state index < -0.39 is 0 Å². The van der Waals surface area contributed by atoms with E-state index in [0.29, 0.717) is 0 Å². The SMILES string of the molecule is Cc1c2c(c3c(oc4ncccc43)c1-c1n(C)c3ccccc3[n+]1C)C(C)(C)CCC2(C)C. The molecular formula is C29H32N3O+. The quantitative estimate of drug-likeness (QED) is 0.276. The molecule has 33 heavy (non-hydrogen) atoms. The second kappa shape index (κ2) is 6.47. The number of hydrogen-bond acceptors (Lipinski definition) is 2. The van der Waals surface area contributed by atoms with E-state index in [1.165, 1.54) is 50.9 Å². The molecule has 6 rings (SSSR count). The molecule has 0 saturated heterocycles. The highest BCUT2D eigenvalue weighted by Crippen LogP contribution is 2.54. The van der Waals surface area contributed by atoms with Crippen molar-refractivity contribution >= 4 is 33.1 Å². The van der Waals surface area contributed by atoms with Crippen molar-refractivity contribution in [1.29, 1.82) is 0 Å². The van der Waals surface area contributed by atoms with E-state index in [-0.39, 0.29) is 10.8 Å². The van der Waals surface area contributed by atoms with Crippen LogP contribution in [0.25, 0.3) is 44.5 Å². The predicted molar refractivity (Wildman–Crippen MR) is 135 cm³/mol. The van der Waals surface area contributed by atoms with Crippen LogP contribution in [-0.2, 0) is 24.9 Å². The Labute approximate surface area is 194 Å². The first-order valence-corrected chi connectivity index (χ1v) is 11.9. The largest absolute Gasteiger partial charge is 0.437 e. The number of hydrogen-bond donors (Lipinski definition) is 0. The van der Waals surface area contributed by atoms with Crippen molar-refractivity contribution in [2.45, 2.75) is 58.3 Å². The molecule has 0 fully saturated rings. The summed E-state index contributed by atoms with van der Waals surface area (Å²) in [5.41, 5.74) is 9.73. The molecule has 0 saturated carbocycles. The molecule has 0 N–H and O–H groups in total. The minimum absolute atomic E-state index is 0.0696. The Bertz CT molecular complexity index is 1560. The Kier molecular flexibility index (Phi) is 4.01. The van der Waals surface area contributed by atoms with Crippen LogP contribution in [-0.4, -0.2) is 9.55 Å². The minimum atomic E-state index is 0.0696. The number of imidazole rings is 1. The van der Waals surface area contributed by atoms with E-state index in [1.807, 2.05) is 12.3 Å². The summed E-state index contributed by atoms with van der Waals surface area (Å²) in [5, 5.41) is 2.37. The van der Waals surface area contributed by atoms with E-state index in [1.54, 1.807) is 0 Å². The fourth-order valence-electron chi connectivity index (χ4n) is 6.45. The molecule has 168 valence electrons. The summed E-state index contributed by atoms with van der Waals surface area (Å²) in [6.07, 6.45) is 4.17. The monoisotopic (exact) mass is 438 g/mol. The Morgan fingerprint density at radius 3 is 2.39 bits per heavy atom. The number of rotatable bonds is 1. The van der Waals surface area contributed by atoms with Crippen molar-refractivity contribution in [3.8, 4) is 11.4 Å². The Hall–Kier alpha value is -3.14. The topological polar surface area (TPSA) is 34.8 Å². The van der Waals surface area contributed by atoms with E-state index >= 15 is 0 Å². The molecule has 1 aliphatic carbocycles. The predicted octanol–water partition coefficient (Wildman–Crippen LogP) is 6.62. The molecule has 4 heteroatoms. The summed E-state index contributed by atoms with van der Waals surface area (Å²) in [7, 11) is 4.33. The number of aryl methyl sites for hydroxylation is 2. The van der Waals surface area contributed by atoms with Gasteiger partial charge >= 0.3 is 0 Å². The molecule has 5 aromatic rings. The van der Waals surface area contributed by atoms with Gasteiger partial charge in [-0.25, -0.2) is 14.1 Å².